The number of hydrogen-bond acceptors (Lipinski definition) is 15. The van der Waals surface area contributed by atoms with Gasteiger partial charge in [0, 0.05) is 59.9 Å². The normalized spacial score (nSPS) is 19.1. The van der Waals surface area contributed by atoms with Gasteiger partial charge in [-0.05, 0) is 83.2 Å². The summed E-state index contributed by atoms with van der Waals surface area (Å²) in [6.07, 6.45) is -0.839. The number of nitrogens with zero attached hydrogens (tertiary/aromatic N) is 4. The number of hydroxylamine groups is 2. The van der Waals surface area contributed by atoms with Crippen molar-refractivity contribution in [2.45, 2.75) is 47.3 Å². The van der Waals surface area contributed by atoms with E-state index >= 15 is 0 Å². The summed E-state index contributed by atoms with van der Waals surface area (Å²) in [7, 11) is 3.70. The molecule has 3 aromatic rings. The molecule has 0 saturated carbocycles. The molecule has 0 unspecified atom stereocenters. The third-order valence-corrected chi connectivity index (χ3v) is 10.6. The standard InChI is InChI=1S/C17H25N3O4.C17H25N3O3.C8H6O5.CH4.Mg.H/c1-12-8-14(19-11-15(10-18-3)24-17(19)21)9-13(2)16(12)20(22)4-6-23-7-5-20;1-12-8-14(20-11-15(10-18-3)23-17(20)21)9-13(2)16(12)19-4-6-22-7-5-19;9-7(10)5-3-1-2-4-6(5)8(11)13-12;;;/h8-9,15,18H,4-7,10-11H2,1-3H3;8-9,15,18H,4-7,10-11H2,1-3H3;1-4,12H,(H,9,10);1H4;;/q;;;;+2;-1/p-1/t2*15-;;;;/m00..../s1. The number of morpholine rings is 2. The van der Waals surface area contributed by atoms with Gasteiger partial charge in [0.25, 0.3) is 0 Å². The smallest absolute Gasteiger partial charge is 1.00 e. The van der Waals surface area contributed by atoms with Crippen LogP contribution in [0.5, 0.6) is 0 Å². The summed E-state index contributed by atoms with van der Waals surface area (Å²) in [4.78, 5) is 54.6. The van der Waals surface area contributed by atoms with Crippen LogP contribution in [0.15, 0.2) is 48.5 Å². The van der Waals surface area contributed by atoms with Gasteiger partial charge in [-0.2, -0.15) is 5.26 Å². The minimum Gasteiger partial charge on any atom is -1.00 e. The molecule has 0 aliphatic carbocycles. The van der Waals surface area contributed by atoms with Crippen molar-refractivity contribution in [2.24, 2.45) is 0 Å². The molecule has 0 aromatic heterocycles. The first-order valence-electron chi connectivity index (χ1n) is 19.8. The van der Waals surface area contributed by atoms with Gasteiger partial charge in [0.1, 0.15) is 31.0 Å². The average Bonchev–Trinajstić information content (AvgIpc) is 3.78. The maximum absolute atomic E-state index is 13.1. The molecule has 336 valence electrons. The summed E-state index contributed by atoms with van der Waals surface area (Å²) in [5.41, 5.74) is 7.39. The van der Waals surface area contributed by atoms with Gasteiger partial charge in [-0.3, -0.25) is 14.7 Å². The number of anilines is 3. The van der Waals surface area contributed by atoms with Crippen LogP contribution < -0.4 is 35.1 Å². The third-order valence-electron chi connectivity index (χ3n) is 10.6. The van der Waals surface area contributed by atoms with E-state index in [1.54, 1.807) is 9.80 Å². The van der Waals surface area contributed by atoms with E-state index in [2.05, 4.69) is 46.4 Å². The van der Waals surface area contributed by atoms with Gasteiger partial charge >= 0.3 is 41.2 Å². The van der Waals surface area contributed by atoms with E-state index in [-0.39, 0.29) is 72.1 Å². The number of cyclic esters (lactones) is 2. The summed E-state index contributed by atoms with van der Waals surface area (Å²) < 4.78 is 21.2. The molecule has 4 aliphatic heterocycles. The van der Waals surface area contributed by atoms with Crippen LogP contribution >= 0.6 is 0 Å². The number of rotatable bonds is 10. The van der Waals surface area contributed by atoms with E-state index in [0.717, 1.165) is 54.5 Å². The Morgan fingerprint density at radius 1 is 0.790 bits per heavy atom. The Morgan fingerprint density at radius 2 is 1.23 bits per heavy atom. The molecule has 4 aliphatic rings. The fraction of sp³-hybridized carbons (Fsp3) is 0.488. The van der Waals surface area contributed by atoms with Crippen LogP contribution in [0.3, 0.4) is 0 Å². The molecule has 2 amide bonds. The van der Waals surface area contributed by atoms with E-state index in [9.17, 15) is 29.5 Å². The Labute approximate surface area is 380 Å². The molecule has 2 atom stereocenters. The first-order chi connectivity index (χ1) is 28.7. The molecule has 0 spiro atoms. The Bertz CT molecular complexity index is 1970. The number of carboxylic acids is 1. The Morgan fingerprint density at radius 3 is 1.66 bits per heavy atom. The summed E-state index contributed by atoms with van der Waals surface area (Å²) >= 11 is 0. The molecular weight excluding hydrogens is 817 g/mol. The molecule has 4 heterocycles. The number of aryl methyl sites for hydroxylation is 4. The first kappa shape index (κ1) is 51.8. The number of benzene rings is 3. The number of hydrogen-bond donors (Lipinski definition) is 3. The molecule has 7 rings (SSSR count). The molecule has 3 N–H and O–H groups in total. The number of quaternary nitrogens is 1. The maximum atomic E-state index is 13.1. The number of amides is 2. The van der Waals surface area contributed by atoms with Gasteiger partial charge in [0.2, 0.25) is 0 Å². The number of aromatic carboxylic acids is 1. The van der Waals surface area contributed by atoms with E-state index in [1.165, 1.54) is 41.1 Å². The minimum absolute atomic E-state index is 0. The zero-order valence-electron chi connectivity index (χ0n) is 36.7. The molecule has 62 heavy (non-hydrogen) atoms. The van der Waals surface area contributed by atoms with Crippen molar-refractivity contribution in [3.8, 4) is 0 Å². The van der Waals surface area contributed by atoms with Crippen LogP contribution in [-0.4, -0.2) is 158 Å². The van der Waals surface area contributed by atoms with Gasteiger partial charge in [0.05, 0.1) is 51.0 Å². The number of nitrogens with one attached hydrogen (secondary N) is 2. The van der Waals surface area contributed by atoms with E-state index < -0.39 is 11.9 Å². The number of likely N-dealkylation sites (N-methyl/N-ethyl adjacent to an activating group) is 2. The van der Waals surface area contributed by atoms with Crippen molar-refractivity contribution in [2.75, 3.05) is 108 Å². The second-order valence-corrected chi connectivity index (χ2v) is 15.0. The van der Waals surface area contributed by atoms with Crippen molar-refractivity contribution >= 4 is 69.9 Å². The van der Waals surface area contributed by atoms with Crippen LogP contribution in [-0.2, 0) is 23.8 Å². The molecule has 18 nitrogen and oxygen atoms in total. The van der Waals surface area contributed by atoms with E-state index in [1.807, 2.05) is 40.1 Å². The topological polar surface area (TPSA) is 215 Å². The van der Waals surface area contributed by atoms with Crippen molar-refractivity contribution in [3.05, 3.63) is 87.1 Å². The van der Waals surface area contributed by atoms with Gasteiger partial charge < -0.3 is 55.7 Å². The fourth-order valence-corrected chi connectivity index (χ4v) is 7.99. The van der Waals surface area contributed by atoms with Crippen LogP contribution in [0.1, 0.15) is 51.8 Å². The van der Waals surface area contributed by atoms with Crippen LogP contribution in [0.2, 0.25) is 0 Å². The third kappa shape index (κ3) is 12.5. The zero-order valence-corrected chi connectivity index (χ0v) is 37.1. The quantitative estimate of drug-likeness (QED) is 0.0665. The number of carbonyl (C=O) groups is 4. The van der Waals surface area contributed by atoms with Gasteiger partial charge in [-0.25, -0.2) is 14.4 Å². The first-order valence-corrected chi connectivity index (χ1v) is 19.8. The van der Waals surface area contributed by atoms with Gasteiger partial charge in [-0.15, -0.1) is 0 Å². The molecule has 0 radical (unpaired) electrons. The summed E-state index contributed by atoms with van der Waals surface area (Å²) in [6.45, 7) is 15.7. The Hall–Kier alpha value is -4.57. The van der Waals surface area contributed by atoms with Crippen molar-refractivity contribution in [3.63, 3.8) is 0 Å². The summed E-state index contributed by atoms with van der Waals surface area (Å²) in [5, 5.41) is 37.7. The average molecular weight is 877 g/mol. The number of carboxylic acid groups (broad SMARTS) is 1. The second-order valence-electron chi connectivity index (χ2n) is 15.0. The van der Waals surface area contributed by atoms with Gasteiger partial charge in [-0.1, -0.05) is 25.6 Å². The summed E-state index contributed by atoms with van der Waals surface area (Å²) in [6, 6.07) is 13.3. The molecule has 19 heteroatoms. The molecule has 4 fully saturated rings. The van der Waals surface area contributed by atoms with E-state index in [0.29, 0.717) is 52.5 Å². The van der Waals surface area contributed by atoms with Crippen LogP contribution in [0.4, 0.5) is 32.3 Å². The van der Waals surface area contributed by atoms with E-state index in [4.69, 9.17) is 24.2 Å². The van der Waals surface area contributed by atoms with Crippen molar-refractivity contribution < 1.29 is 54.8 Å². The monoisotopic (exact) mass is 876 g/mol. The van der Waals surface area contributed by atoms with Crippen molar-refractivity contribution in [1.82, 2.24) is 15.3 Å². The largest absolute Gasteiger partial charge is 2.00 e. The SMILES string of the molecule is C.CNC[C@H]1CN(c2cc(C)c(N3CCOCC3)c(C)c2)C(=O)O1.CNC[C@H]1CN(c2cc(C)c([N+]3([O-])CCOCC3)c(C)c2)C(=O)O1.O=C([O-])c1ccccc1C(=O)OO.[H-].[Mg+2]. The Balaban J connectivity index is 0.000000331. The van der Waals surface area contributed by atoms with Crippen LogP contribution in [0.25, 0.3) is 0 Å². The molecular formula is C43H60MgN6O12. The summed E-state index contributed by atoms with van der Waals surface area (Å²) in [5.74, 6) is -2.62. The number of ether oxygens (including phenoxy) is 4. The molecule has 4 saturated heterocycles. The number of carbonyl (C=O) groups excluding carboxylic acids is 4. The Kier molecular flexibility index (Phi) is 19.8. The fourth-order valence-electron chi connectivity index (χ4n) is 7.99. The predicted molar refractivity (Wildman–Crippen MR) is 236 cm³/mol. The predicted octanol–water partition coefficient (Wildman–Crippen LogP) is 3.42. The van der Waals surface area contributed by atoms with Crippen molar-refractivity contribution in [1.29, 1.82) is 0 Å². The van der Waals surface area contributed by atoms with Gasteiger partial charge in [0.15, 0.2) is 0 Å². The van der Waals surface area contributed by atoms with Crippen LogP contribution in [0, 0.1) is 32.9 Å². The zero-order chi connectivity index (χ0) is 43.6. The molecule has 0 bridgehead atoms. The minimum atomic E-state index is -1.50. The maximum Gasteiger partial charge on any atom is 2.00 e. The molecule has 3 aromatic carbocycles. The second kappa shape index (κ2) is 23.8.